The zero-order valence-corrected chi connectivity index (χ0v) is 19.3. The van der Waals surface area contributed by atoms with Crippen molar-refractivity contribution in [1.82, 2.24) is 0 Å². The zero-order valence-electron chi connectivity index (χ0n) is 19.3. The monoisotopic (exact) mass is 460 g/mol. The van der Waals surface area contributed by atoms with Gasteiger partial charge in [-0.25, -0.2) is 0 Å². The maximum atomic E-state index is 6.45. The molecule has 0 amide bonds. The molecule has 0 saturated carbocycles. The van der Waals surface area contributed by atoms with E-state index < -0.39 is 12.4 Å². The molecule has 3 aromatic rings. The quantitative estimate of drug-likeness (QED) is 0.343. The van der Waals surface area contributed by atoms with Crippen LogP contribution in [0.1, 0.15) is 16.7 Å². The first-order valence-corrected chi connectivity index (χ1v) is 11.6. The lowest BCUT2D eigenvalue weighted by molar-refractivity contribution is -0.297. The van der Waals surface area contributed by atoms with Gasteiger partial charge in [-0.15, -0.1) is 6.58 Å². The summed E-state index contributed by atoms with van der Waals surface area (Å²) in [5.74, 6) is 0. The van der Waals surface area contributed by atoms with Crippen LogP contribution in [0.5, 0.6) is 0 Å². The van der Waals surface area contributed by atoms with Gasteiger partial charge < -0.3 is 23.7 Å². The van der Waals surface area contributed by atoms with E-state index in [1.54, 1.807) is 6.08 Å². The summed E-state index contributed by atoms with van der Waals surface area (Å²) in [6.45, 7) is 5.78. The van der Waals surface area contributed by atoms with Gasteiger partial charge in [0, 0.05) is 0 Å². The molecule has 0 aromatic heterocycles. The molecular formula is C29H32O5. The molecule has 0 aliphatic carbocycles. The normalized spacial score (nSPS) is 22.4. The molecule has 1 aliphatic rings. The molecule has 0 bridgehead atoms. The number of rotatable bonds is 12. The van der Waals surface area contributed by atoms with Crippen LogP contribution in [-0.4, -0.2) is 37.8 Å². The van der Waals surface area contributed by atoms with E-state index in [0.717, 1.165) is 16.7 Å². The largest absolute Gasteiger partial charge is 0.368 e. The van der Waals surface area contributed by atoms with Crippen LogP contribution in [-0.2, 0) is 43.5 Å². The van der Waals surface area contributed by atoms with Gasteiger partial charge in [-0.3, -0.25) is 0 Å². The Morgan fingerprint density at radius 3 is 1.62 bits per heavy atom. The molecule has 1 saturated heterocycles. The smallest absolute Gasteiger partial charge is 0.186 e. The fraction of sp³-hybridized carbons (Fsp3) is 0.310. The van der Waals surface area contributed by atoms with E-state index in [-0.39, 0.29) is 12.2 Å². The van der Waals surface area contributed by atoms with E-state index in [0.29, 0.717) is 33.0 Å². The van der Waals surface area contributed by atoms with E-state index >= 15 is 0 Å². The van der Waals surface area contributed by atoms with Gasteiger partial charge in [0.2, 0.25) is 0 Å². The summed E-state index contributed by atoms with van der Waals surface area (Å²) in [7, 11) is 0. The summed E-state index contributed by atoms with van der Waals surface area (Å²) in [6, 6.07) is 30.2. The van der Waals surface area contributed by atoms with Crippen LogP contribution in [0.15, 0.2) is 104 Å². The molecule has 1 heterocycles. The van der Waals surface area contributed by atoms with Gasteiger partial charge in [0.15, 0.2) is 6.29 Å². The van der Waals surface area contributed by atoms with Crippen molar-refractivity contribution in [3.8, 4) is 0 Å². The SMILES string of the molecule is C=CCO[C@H]1OC[C@@H](OCc2ccccc2)[C@H](OCc2ccccc2)[C@H]1OCc1ccccc1. The molecule has 0 spiro atoms. The zero-order chi connectivity index (χ0) is 23.4. The summed E-state index contributed by atoms with van der Waals surface area (Å²) in [5, 5.41) is 0. The molecule has 5 heteroatoms. The molecule has 0 unspecified atom stereocenters. The number of hydrogen-bond acceptors (Lipinski definition) is 5. The molecule has 3 aromatic carbocycles. The van der Waals surface area contributed by atoms with Gasteiger partial charge in [0.1, 0.15) is 18.3 Å². The maximum Gasteiger partial charge on any atom is 0.186 e. The average molecular weight is 461 g/mol. The van der Waals surface area contributed by atoms with Crippen molar-refractivity contribution in [2.45, 2.75) is 44.4 Å². The van der Waals surface area contributed by atoms with E-state index in [1.165, 1.54) is 0 Å². The van der Waals surface area contributed by atoms with Crippen molar-refractivity contribution < 1.29 is 23.7 Å². The van der Waals surface area contributed by atoms with Gasteiger partial charge >= 0.3 is 0 Å². The van der Waals surface area contributed by atoms with Crippen LogP contribution in [0.3, 0.4) is 0 Å². The van der Waals surface area contributed by atoms with Crippen LogP contribution < -0.4 is 0 Å². The summed E-state index contributed by atoms with van der Waals surface area (Å²) in [5.41, 5.74) is 3.25. The van der Waals surface area contributed by atoms with Crippen molar-refractivity contribution in [2.24, 2.45) is 0 Å². The predicted octanol–water partition coefficient (Wildman–Crippen LogP) is 5.30. The number of hydrogen-bond donors (Lipinski definition) is 0. The molecule has 178 valence electrons. The van der Waals surface area contributed by atoms with Gasteiger partial charge in [0.05, 0.1) is 33.0 Å². The molecule has 0 N–H and O–H groups in total. The van der Waals surface area contributed by atoms with Crippen molar-refractivity contribution in [2.75, 3.05) is 13.2 Å². The second kappa shape index (κ2) is 13.2. The minimum absolute atomic E-state index is 0.312. The lowest BCUT2D eigenvalue weighted by Gasteiger charge is -2.41. The minimum atomic E-state index is -0.584. The van der Waals surface area contributed by atoms with E-state index in [9.17, 15) is 0 Å². The number of ether oxygens (including phenoxy) is 5. The fourth-order valence-corrected chi connectivity index (χ4v) is 3.88. The highest BCUT2D eigenvalue weighted by Crippen LogP contribution is 2.27. The third-order valence-corrected chi connectivity index (χ3v) is 5.64. The molecule has 1 fully saturated rings. The first-order valence-electron chi connectivity index (χ1n) is 11.6. The van der Waals surface area contributed by atoms with Crippen molar-refractivity contribution >= 4 is 0 Å². The molecule has 34 heavy (non-hydrogen) atoms. The molecule has 4 rings (SSSR count). The van der Waals surface area contributed by atoms with E-state index in [2.05, 4.69) is 6.58 Å². The number of benzene rings is 3. The van der Waals surface area contributed by atoms with Crippen molar-refractivity contribution in [1.29, 1.82) is 0 Å². The Hall–Kier alpha value is -2.80. The highest BCUT2D eigenvalue weighted by atomic mass is 16.7. The molecule has 1 aliphatic heterocycles. The van der Waals surface area contributed by atoms with Crippen LogP contribution in [0.2, 0.25) is 0 Å². The Kier molecular flexibility index (Phi) is 9.43. The molecule has 0 radical (unpaired) electrons. The second-order valence-corrected chi connectivity index (χ2v) is 8.18. The minimum Gasteiger partial charge on any atom is -0.368 e. The van der Waals surface area contributed by atoms with E-state index in [1.807, 2.05) is 91.0 Å². The van der Waals surface area contributed by atoms with Crippen LogP contribution in [0.25, 0.3) is 0 Å². The Balaban J connectivity index is 1.51. The first kappa shape index (κ1) is 24.3. The Morgan fingerprint density at radius 2 is 1.12 bits per heavy atom. The Morgan fingerprint density at radius 1 is 0.647 bits per heavy atom. The van der Waals surface area contributed by atoms with Gasteiger partial charge in [-0.2, -0.15) is 0 Å². The van der Waals surface area contributed by atoms with Crippen LogP contribution >= 0.6 is 0 Å². The lowest BCUT2D eigenvalue weighted by Crippen LogP contribution is -2.56. The Bertz CT molecular complexity index is 964. The summed E-state index contributed by atoms with van der Waals surface area (Å²) < 4.78 is 31.1. The molecule has 4 atom stereocenters. The van der Waals surface area contributed by atoms with Crippen molar-refractivity contribution in [3.05, 3.63) is 120 Å². The topological polar surface area (TPSA) is 46.2 Å². The fourth-order valence-electron chi connectivity index (χ4n) is 3.88. The third kappa shape index (κ3) is 7.10. The average Bonchev–Trinajstić information content (AvgIpc) is 2.90. The summed E-state index contributed by atoms with van der Waals surface area (Å²) in [6.07, 6.45) is -0.0444. The van der Waals surface area contributed by atoms with Gasteiger partial charge in [0.25, 0.3) is 0 Å². The Labute approximate surface area is 201 Å². The highest BCUT2D eigenvalue weighted by Gasteiger charge is 2.43. The lowest BCUT2D eigenvalue weighted by atomic mass is 10.0. The third-order valence-electron chi connectivity index (χ3n) is 5.64. The highest BCUT2D eigenvalue weighted by molar-refractivity contribution is 5.15. The summed E-state index contributed by atoms with van der Waals surface area (Å²) in [4.78, 5) is 0. The molecular weight excluding hydrogens is 428 g/mol. The standard InChI is InChI=1S/C29H32O5/c1-2-18-30-29-28(33-21-25-16-10-5-11-17-25)27(32-20-24-14-8-4-9-15-24)26(22-34-29)31-19-23-12-6-3-7-13-23/h2-17,26-29H,1,18-22H2/t26-,27+,28-,29+/m1/s1. The van der Waals surface area contributed by atoms with Gasteiger partial charge in [-0.1, -0.05) is 97.1 Å². The van der Waals surface area contributed by atoms with Gasteiger partial charge in [-0.05, 0) is 16.7 Å². The van der Waals surface area contributed by atoms with E-state index in [4.69, 9.17) is 23.7 Å². The molecule has 5 nitrogen and oxygen atoms in total. The maximum absolute atomic E-state index is 6.45. The summed E-state index contributed by atoms with van der Waals surface area (Å²) >= 11 is 0. The van der Waals surface area contributed by atoms with Crippen LogP contribution in [0.4, 0.5) is 0 Å². The first-order chi connectivity index (χ1) is 16.8. The predicted molar refractivity (Wildman–Crippen MR) is 131 cm³/mol. The second-order valence-electron chi connectivity index (χ2n) is 8.18. The van der Waals surface area contributed by atoms with Crippen LogP contribution in [0, 0.1) is 0 Å². The van der Waals surface area contributed by atoms with Crippen molar-refractivity contribution in [3.63, 3.8) is 0 Å².